The lowest BCUT2D eigenvalue weighted by Gasteiger charge is -2.06. The molecular formula is C11H15BrN6O2. The number of carboxylic acid groups (broad SMARTS) is 1. The van der Waals surface area contributed by atoms with Gasteiger partial charge < -0.3 is 10.8 Å². The molecule has 3 N–H and O–H groups in total. The average molecular weight is 343 g/mol. The summed E-state index contributed by atoms with van der Waals surface area (Å²) in [6.07, 6.45) is 0.801. The molecular weight excluding hydrogens is 328 g/mol. The molecule has 0 saturated heterocycles. The van der Waals surface area contributed by atoms with Crippen molar-refractivity contribution in [2.75, 3.05) is 0 Å². The molecule has 0 atom stereocenters. The van der Waals surface area contributed by atoms with Crippen LogP contribution in [0.25, 0.3) is 0 Å². The van der Waals surface area contributed by atoms with Crippen LogP contribution in [0.5, 0.6) is 0 Å². The highest BCUT2D eigenvalue weighted by Gasteiger charge is 2.20. The summed E-state index contributed by atoms with van der Waals surface area (Å²) < 4.78 is 4.13. The van der Waals surface area contributed by atoms with Gasteiger partial charge in [-0.25, -0.2) is 9.48 Å². The largest absolute Gasteiger partial charge is 0.476 e. The quantitative estimate of drug-likeness (QED) is 0.820. The fourth-order valence-corrected chi connectivity index (χ4v) is 2.70. The van der Waals surface area contributed by atoms with Crippen molar-refractivity contribution in [3.63, 3.8) is 0 Å². The third kappa shape index (κ3) is 2.46. The molecule has 108 valence electrons. The van der Waals surface area contributed by atoms with E-state index in [1.807, 2.05) is 14.0 Å². The highest BCUT2D eigenvalue weighted by atomic mass is 79.9. The molecule has 0 amide bonds. The second kappa shape index (κ2) is 5.71. The maximum Gasteiger partial charge on any atom is 0.358 e. The molecule has 0 unspecified atom stereocenters. The number of nitrogens with zero attached hydrogens (tertiary/aromatic N) is 5. The molecule has 0 aliphatic heterocycles. The lowest BCUT2D eigenvalue weighted by atomic mass is 10.3. The van der Waals surface area contributed by atoms with Crippen molar-refractivity contribution in [2.24, 2.45) is 12.8 Å². The third-order valence-corrected chi connectivity index (χ3v) is 3.95. The van der Waals surface area contributed by atoms with Gasteiger partial charge in [0, 0.05) is 13.6 Å². The SMILES string of the molecule is CCc1nn(C)c(Cn2nnc(C(=O)O)c2CN)c1Br. The van der Waals surface area contributed by atoms with Crippen molar-refractivity contribution in [3.05, 3.63) is 27.2 Å². The number of carboxylic acids is 1. The smallest absolute Gasteiger partial charge is 0.358 e. The van der Waals surface area contributed by atoms with Crippen LogP contribution in [0.1, 0.15) is 34.5 Å². The first kappa shape index (κ1) is 14.7. The van der Waals surface area contributed by atoms with Crippen LogP contribution < -0.4 is 5.73 Å². The highest BCUT2D eigenvalue weighted by Crippen LogP contribution is 2.22. The number of aromatic carboxylic acids is 1. The van der Waals surface area contributed by atoms with Gasteiger partial charge in [0.05, 0.1) is 28.1 Å². The Balaban J connectivity index is 2.40. The van der Waals surface area contributed by atoms with Crippen molar-refractivity contribution in [2.45, 2.75) is 26.4 Å². The van der Waals surface area contributed by atoms with Gasteiger partial charge in [-0.1, -0.05) is 12.1 Å². The Morgan fingerprint density at radius 3 is 2.65 bits per heavy atom. The minimum atomic E-state index is -1.13. The summed E-state index contributed by atoms with van der Waals surface area (Å²) in [6, 6.07) is 0. The van der Waals surface area contributed by atoms with Gasteiger partial charge in [-0.15, -0.1) is 5.10 Å². The van der Waals surface area contributed by atoms with Gasteiger partial charge in [0.1, 0.15) is 0 Å². The van der Waals surface area contributed by atoms with Gasteiger partial charge in [0.2, 0.25) is 0 Å². The van der Waals surface area contributed by atoms with E-state index in [2.05, 4.69) is 31.3 Å². The zero-order valence-corrected chi connectivity index (χ0v) is 12.8. The fraction of sp³-hybridized carbons (Fsp3) is 0.455. The molecule has 2 rings (SSSR count). The van der Waals surface area contributed by atoms with Crippen LogP contribution >= 0.6 is 15.9 Å². The molecule has 0 radical (unpaired) electrons. The maximum absolute atomic E-state index is 11.0. The van der Waals surface area contributed by atoms with E-state index in [4.69, 9.17) is 10.8 Å². The number of aryl methyl sites for hydroxylation is 2. The Bertz CT molecular complexity index is 648. The molecule has 2 aromatic heterocycles. The monoisotopic (exact) mass is 342 g/mol. The van der Waals surface area contributed by atoms with Crippen LogP contribution in [0.3, 0.4) is 0 Å². The first-order valence-electron chi connectivity index (χ1n) is 6.05. The van der Waals surface area contributed by atoms with Crippen LogP contribution in [0.15, 0.2) is 4.47 Å². The molecule has 0 spiro atoms. The molecule has 0 bridgehead atoms. The van der Waals surface area contributed by atoms with Gasteiger partial charge in [-0.05, 0) is 22.4 Å². The Morgan fingerprint density at radius 2 is 2.15 bits per heavy atom. The van der Waals surface area contributed by atoms with Crippen molar-refractivity contribution >= 4 is 21.9 Å². The number of hydrogen-bond donors (Lipinski definition) is 2. The van der Waals surface area contributed by atoms with Gasteiger partial charge in [0.25, 0.3) is 0 Å². The molecule has 20 heavy (non-hydrogen) atoms. The van der Waals surface area contributed by atoms with E-state index in [0.717, 1.165) is 22.3 Å². The van der Waals surface area contributed by atoms with E-state index >= 15 is 0 Å². The predicted molar refractivity (Wildman–Crippen MR) is 74.3 cm³/mol. The van der Waals surface area contributed by atoms with Crippen molar-refractivity contribution < 1.29 is 9.90 Å². The lowest BCUT2D eigenvalue weighted by molar-refractivity contribution is 0.0689. The standard InChI is InChI=1S/C11H15BrN6O2/c1-3-6-9(12)8(17(2)15-6)5-18-7(4-13)10(11(19)20)14-16-18/h3-5,13H2,1-2H3,(H,19,20). The lowest BCUT2D eigenvalue weighted by Crippen LogP contribution is -2.15. The topological polar surface area (TPSA) is 112 Å². The third-order valence-electron chi connectivity index (χ3n) is 3.04. The number of carbonyl (C=O) groups is 1. The van der Waals surface area contributed by atoms with Gasteiger partial charge in [0.15, 0.2) is 5.69 Å². The Hall–Kier alpha value is -1.74. The number of halogens is 1. The average Bonchev–Trinajstić information content (AvgIpc) is 2.94. The molecule has 0 aromatic carbocycles. The van der Waals surface area contributed by atoms with E-state index in [0.29, 0.717) is 12.2 Å². The van der Waals surface area contributed by atoms with Gasteiger partial charge in [-0.2, -0.15) is 5.10 Å². The van der Waals surface area contributed by atoms with Gasteiger partial charge in [-0.3, -0.25) is 4.68 Å². The number of aromatic nitrogens is 5. The van der Waals surface area contributed by atoms with Crippen molar-refractivity contribution in [1.82, 2.24) is 24.8 Å². The second-order valence-electron chi connectivity index (χ2n) is 4.24. The van der Waals surface area contributed by atoms with E-state index in [1.165, 1.54) is 4.68 Å². The van der Waals surface area contributed by atoms with Crippen LogP contribution in [-0.4, -0.2) is 35.9 Å². The minimum Gasteiger partial charge on any atom is -0.476 e. The van der Waals surface area contributed by atoms with Crippen LogP contribution in [0.4, 0.5) is 0 Å². The molecule has 0 aliphatic carbocycles. The zero-order chi connectivity index (χ0) is 14.9. The summed E-state index contributed by atoms with van der Waals surface area (Å²) >= 11 is 3.51. The Labute approximate surface area is 123 Å². The van der Waals surface area contributed by atoms with Crippen molar-refractivity contribution in [3.8, 4) is 0 Å². The first-order valence-corrected chi connectivity index (χ1v) is 6.84. The summed E-state index contributed by atoms with van der Waals surface area (Å²) in [5.74, 6) is -1.13. The zero-order valence-electron chi connectivity index (χ0n) is 11.2. The summed E-state index contributed by atoms with van der Waals surface area (Å²) in [6.45, 7) is 2.43. The normalized spacial score (nSPS) is 11.0. The minimum absolute atomic E-state index is 0.0603. The fourth-order valence-electron chi connectivity index (χ4n) is 1.96. The molecule has 0 aliphatic rings. The maximum atomic E-state index is 11.0. The highest BCUT2D eigenvalue weighted by molar-refractivity contribution is 9.10. The summed E-state index contributed by atoms with van der Waals surface area (Å²) in [5.41, 5.74) is 7.71. The number of hydrogen-bond acceptors (Lipinski definition) is 5. The predicted octanol–water partition coefficient (Wildman–Crippen LogP) is 0.542. The number of rotatable bonds is 5. The summed E-state index contributed by atoms with van der Waals surface area (Å²) in [4.78, 5) is 11.0. The van der Waals surface area contributed by atoms with E-state index in [-0.39, 0.29) is 12.2 Å². The van der Waals surface area contributed by atoms with Crippen LogP contribution in [0, 0.1) is 0 Å². The first-order chi connectivity index (χ1) is 9.49. The van der Waals surface area contributed by atoms with E-state index in [1.54, 1.807) is 4.68 Å². The molecule has 0 fully saturated rings. The Kier molecular flexibility index (Phi) is 4.19. The molecule has 0 saturated carbocycles. The Morgan fingerprint density at radius 1 is 1.45 bits per heavy atom. The summed E-state index contributed by atoms with van der Waals surface area (Å²) in [5, 5.41) is 20.9. The number of nitrogens with two attached hydrogens (primary N) is 1. The van der Waals surface area contributed by atoms with Crippen LogP contribution in [0.2, 0.25) is 0 Å². The molecule has 2 heterocycles. The van der Waals surface area contributed by atoms with E-state index < -0.39 is 5.97 Å². The molecule has 2 aromatic rings. The molecule has 8 nitrogen and oxygen atoms in total. The second-order valence-corrected chi connectivity index (χ2v) is 5.03. The molecule has 9 heteroatoms. The summed E-state index contributed by atoms with van der Waals surface area (Å²) in [7, 11) is 1.83. The van der Waals surface area contributed by atoms with Gasteiger partial charge >= 0.3 is 5.97 Å². The van der Waals surface area contributed by atoms with Crippen molar-refractivity contribution in [1.29, 1.82) is 0 Å². The van der Waals surface area contributed by atoms with E-state index in [9.17, 15) is 4.79 Å². The van der Waals surface area contributed by atoms with Crippen LogP contribution in [-0.2, 0) is 26.6 Å².